The SMILES string of the molecule is NC1CCN(CCc2cccc(F)c2)C1=O. The van der Waals surface area contributed by atoms with Crippen LogP contribution in [0.15, 0.2) is 24.3 Å². The Labute approximate surface area is 94.0 Å². The minimum absolute atomic E-state index is 0.0106. The van der Waals surface area contributed by atoms with Gasteiger partial charge in [-0.1, -0.05) is 12.1 Å². The molecule has 86 valence electrons. The van der Waals surface area contributed by atoms with E-state index < -0.39 is 0 Å². The van der Waals surface area contributed by atoms with Crippen molar-refractivity contribution in [1.29, 1.82) is 0 Å². The zero-order valence-corrected chi connectivity index (χ0v) is 9.03. The topological polar surface area (TPSA) is 46.3 Å². The van der Waals surface area contributed by atoms with Gasteiger partial charge in [-0.05, 0) is 30.5 Å². The van der Waals surface area contributed by atoms with E-state index in [0.29, 0.717) is 13.0 Å². The quantitative estimate of drug-likeness (QED) is 0.827. The second kappa shape index (κ2) is 4.61. The third-order valence-corrected chi connectivity index (χ3v) is 2.90. The van der Waals surface area contributed by atoms with E-state index in [1.807, 2.05) is 6.07 Å². The number of likely N-dealkylation sites (tertiary alicyclic amines) is 1. The molecule has 0 aliphatic carbocycles. The molecule has 0 saturated carbocycles. The van der Waals surface area contributed by atoms with Crippen LogP contribution in [0.25, 0.3) is 0 Å². The molecule has 3 nitrogen and oxygen atoms in total. The number of halogens is 1. The normalized spacial score (nSPS) is 20.5. The first kappa shape index (κ1) is 11.1. The molecule has 1 amide bonds. The molecule has 1 heterocycles. The standard InChI is InChI=1S/C12H15FN2O/c13-10-3-1-2-9(8-10)4-6-15-7-5-11(14)12(15)16/h1-3,8,11H,4-7,14H2. The van der Waals surface area contributed by atoms with Gasteiger partial charge < -0.3 is 10.6 Å². The molecule has 1 aromatic carbocycles. The second-order valence-corrected chi connectivity index (χ2v) is 4.10. The van der Waals surface area contributed by atoms with Gasteiger partial charge in [-0.2, -0.15) is 0 Å². The van der Waals surface area contributed by atoms with Crippen LogP contribution < -0.4 is 5.73 Å². The molecule has 1 aliphatic rings. The Morgan fingerprint density at radius 3 is 2.94 bits per heavy atom. The summed E-state index contributed by atoms with van der Waals surface area (Å²) in [5.74, 6) is -0.224. The highest BCUT2D eigenvalue weighted by molar-refractivity contribution is 5.83. The van der Waals surface area contributed by atoms with E-state index in [-0.39, 0.29) is 17.8 Å². The molecular weight excluding hydrogens is 207 g/mol. The molecule has 1 atom stereocenters. The molecule has 2 rings (SSSR count). The van der Waals surface area contributed by atoms with Crippen molar-refractivity contribution in [3.05, 3.63) is 35.6 Å². The average molecular weight is 222 g/mol. The zero-order valence-electron chi connectivity index (χ0n) is 9.03. The molecule has 1 aliphatic heterocycles. The van der Waals surface area contributed by atoms with Crippen LogP contribution in [-0.4, -0.2) is 29.9 Å². The van der Waals surface area contributed by atoms with Gasteiger partial charge in [0.1, 0.15) is 5.82 Å². The minimum Gasteiger partial charge on any atom is -0.341 e. The Morgan fingerprint density at radius 1 is 1.50 bits per heavy atom. The summed E-state index contributed by atoms with van der Waals surface area (Å²) in [6.07, 6.45) is 1.40. The number of hydrogen-bond donors (Lipinski definition) is 1. The number of nitrogens with zero attached hydrogens (tertiary/aromatic N) is 1. The van der Waals surface area contributed by atoms with E-state index in [1.54, 1.807) is 11.0 Å². The van der Waals surface area contributed by atoms with Gasteiger partial charge in [0, 0.05) is 13.1 Å². The predicted molar refractivity (Wildman–Crippen MR) is 59.3 cm³/mol. The smallest absolute Gasteiger partial charge is 0.239 e. The number of carbonyl (C=O) groups excluding carboxylic acids is 1. The lowest BCUT2D eigenvalue weighted by Crippen LogP contribution is -2.35. The highest BCUT2D eigenvalue weighted by atomic mass is 19.1. The maximum absolute atomic E-state index is 12.9. The van der Waals surface area contributed by atoms with Crippen LogP contribution in [0, 0.1) is 5.82 Å². The summed E-state index contributed by atoms with van der Waals surface area (Å²) in [7, 11) is 0. The molecule has 0 spiro atoms. The van der Waals surface area contributed by atoms with Gasteiger partial charge >= 0.3 is 0 Å². The fraction of sp³-hybridized carbons (Fsp3) is 0.417. The van der Waals surface area contributed by atoms with Crippen molar-refractivity contribution >= 4 is 5.91 Å². The van der Waals surface area contributed by atoms with Crippen molar-refractivity contribution < 1.29 is 9.18 Å². The van der Waals surface area contributed by atoms with E-state index in [9.17, 15) is 9.18 Å². The second-order valence-electron chi connectivity index (χ2n) is 4.10. The van der Waals surface area contributed by atoms with Crippen molar-refractivity contribution in [2.75, 3.05) is 13.1 Å². The van der Waals surface area contributed by atoms with Crippen molar-refractivity contribution in [1.82, 2.24) is 4.90 Å². The third-order valence-electron chi connectivity index (χ3n) is 2.90. The van der Waals surface area contributed by atoms with Gasteiger partial charge in [0.15, 0.2) is 0 Å². The summed E-state index contributed by atoms with van der Waals surface area (Å²) in [4.78, 5) is 13.3. The molecule has 1 aromatic rings. The van der Waals surface area contributed by atoms with Gasteiger partial charge in [-0.25, -0.2) is 4.39 Å². The Morgan fingerprint density at radius 2 is 2.31 bits per heavy atom. The molecule has 2 N–H and O–H groups in total. The van der Waals surface area contributed by atoms with Gasteiger partial charge in [-0.3, -0.25) is 4.79 Å². The first-order valence-corrected chi connectivity index (χ1v) is 5.45. The fourth-order valence-electron chi connectivity index (χ4n) is 1.94. The summed E-state index contributed by atoms with van der Waals surface area (Å²) in [6.45, 7) is 1.34. The van der Waals surface area contributed by atoms with Crippen molar-refractivity contribution in [2.24, 2.45) is 5.73 Å². The van der Waals surface area contributed by atoms with Crippen molar-refractivity contribution in [3.63, 3.8) is 0 Å². The van der Waals surface area contributed by atoms with E-state index in [1.165, 1.54) is 12.1 Å². The molecule has 1 unspecified atom stereocenters. The highest BCUT2D eigenvalue weighted by Gasteiger charge is 2.27. The van der Waals surface area contributed by atoms with Crippen molar-refractivity contribution in [2.45, 2.75) is 18.9 Å². The highest BCUT2D eigenvalue weighted by Crippen LogP contribution is 2.11. The summed E-state index contributed by atoms with van der Waals surface area (Å²) in [5.41, 5.74) is 6.52. The Balaban J connectivity index is 1.90. The summed E-state index contributed by atoms with van der Waals surface area (Å²) in [5, 5.41) is 0. The van der Waals surface area contributed by atoms with Crippen LogP contribution in [0.4, 0.5) is 4.39 Å². The number of rotatable bonds is 3. The van der Waals surface area contributed by atoms with Gasteiger partial charge in [0.05, 0.1) is 6.04 Å². The molecule has 1 fully saturated rings. The molecule has 4 heteroatoms. The maximum atomic E-state index is 12.9. The third kappa shape index (κ3) is 2.39. The number of nitrogens with two attached hydrogens (primary N) is 1. The molecule has 0 bridgehead atoms. The number of amides is 1. The minimum atomic E-state index is -0.340. The maximum Gasteiger partial charge on any atom is 0.239 e. The van der Waals surface area contributed by atoms with E-state index in [4.69, 9.17) is 5.73 Å². The summed E-state index contributed by atoms with van der Waals surface area (Å²) < 4.78 is 12.9. The van der Waals surface area contributed by atoms with Crippen LogP contribution in [0.5, 0.6) is 0 Å². The average Bonchev–Trinajstić information content (AvgIpc) is 2.57. The Bertz CT molecular complexity index is 394. The van der Waals surface area contributed by atoms with Crippen LogP contribution in [0.2, 0.25) is 0 Å². The van der Waals surface area contributed by atoms with Crippen LogP contribution in [0.1, 0.15) is 12.0 Å². The first-order chi connectivity index (χ1) is 7.66. The van der Waals surface area contributed by atoms with Crippen LogP contribution in [-0.2, 0) is 11.2 Å². The van der Waals surface area contributed by atoms with E-state index >= 15 is 0 Å². The van der Waals surface area contributed by atoms with Gasteiger partial charge in [0.2, 0.25) is 5.91 Å². The monoisotopic (exact) mass is 222 g/mol. The molecule has 0 radical (unpaired) electrons. The molecule has 0 aromatic heterocycles. The zero-order chi connectivity index (χ0) is 11.5. The molecule has 16 heavy (non-hydrogen) atoms. The fourth-order valence-corrected chi connectivity index (χ4v) is 1.94. The lowest BCUT2D eigenvalue weighted by molar-refractivity contribution is -0.128. The largest absolute Gasteiger partial charge is 0.341 e. The lowest BCUT2D eigenvalue weighted by Gasteiger charge is -2.15. The number of benzene rings is 1. The van der Waals surface area contributed by atoms with Crippen molar-refractivity contribution in [3.8, 4) is 0 Å². The molecule has 1 saturated heterocycles. The van der Waals surface area contributed by atoms with E-state index in [2.05, 4.69) is 0 Å². The summed E-state index contributed by atoms with van der Waals surface area (Å²) in [6, 6.07) is 6.12. The van der Waals surface area contributed by atoms with Crippen LogP contribution in [0.3, 0.4) is 0 Å². The van der Waals surface area contributed by atoms with Gasteiger partial charge in [-0.15, -0.1) is 0 Å². The first-order valence-electron chi connectivity index (χ1n) is 5.45. The van der Waals surface area contributed by atoms with Crippen LogP contribution >= 0.6 is 0 Å². The van der Waals surface area contributed by atoms with Gasteiger partial charge in [0.25, 0.3) is 0 Å². The Hall–Kier alpha value is -1.42. The number of hydrogen-bond acceptors (Lipinski definition) is 2. The number of carbonyl (C=O) groups is 1. The predicted octanol–water partition coefficient (Wildman–Crippen LogP) is 0.928. The van der Waals surface area contributed by atoms with E-state index in [0.717, 1.165) is 18.5 Å². The Kier molecular flexibility index (Phi) is 3.19. The molecular formula is C12H15FN2O. The lowest BCUT2D eigenvalue weighted by atomic mass is 10.1. The summed E-state index contributed by atoms with van der Waals surface area (Å²) >= 11 is 0.